The van der Waals surface area contributed by atoms with Crippen LogP contribution in [-0.2, 0) is 4.79 Å². The number of thiocarbonyl (C=S) groups is 1. The van der Waals surface area contributed by atoms with Gasteiger partial charge in [0, 0.05) is 27.1 Å². The number of furan rings is 1. The summed E-state index contributed by atoms with van der Waals surface area (Å²) in [5, 5.41) is 7.33. The summed E-state index contributed by atoms with van der Waals surface area (Å²) in [6.07, 6.45) is 2.79. The molecule has 0 unspecified atom stereocenters. The Morgan fingerprint density at radius 1 is 0.925 bits per heavy atom. The summed E-state index contributed by atoms with van der Waals surface area (Å²) in [7, 11) is 1.50. The third-order valence-electron chi connectivity index (χ3n) is 5.81. The first-order chi connectivity index (χ1) is 19.3. The number of amides is 1. The topological polar surface area (TPSA) is 93.7 Å². The summed E-state index contributed by atoms with van der Waals surface area (Å²) in [4.78, 5) is 25.1. The average Bonchev–Trinajstić information content (AvgIpc) is 3.40. The van der Waals surface area contributed by atoms with Crippen LogP contribution in [0.1, 0.15) is 5.76 Å². The number of halogens is 2. The van der Waals surface area contributed by atoms with Gasteiger partial charge in [0.05, 0.1) is 18.4 Å². The monoisotopic (exact) mass is 590 g/mol. The number of ether oxygens (including phenoxy) is 1. The van der Waals surface area contributed by atoms with Gasteiger partial charge in [0.2, 0.25) is 5.91 Å². The highest BCUT2D eigenvalue weighted by Gasteiger charge is 2.13. The van der Waals surface area contributed by atoms with Gasteiger partial charge in [0.15, 0.2) is 5.11 Å². The zero-order valence-electron chi connectivity index (χ0n) is 20.9. The van der Waals surface area contributed by atoms with E-state index in [1.165, 1.54) is 19.3 Å². The summed E-state index contributed by atoms with van der Waals surface area (Å²) < 4.78 is 16.7. The Morgan fingerprint density at radius 2 is 1.70 bits per heavy atom. The van der Waals surface area contributed by atoms with Gasteiger partial charge < -0.3 is 18.9 Å². The summed E-state index contributed by atoms with van der Waals surface area (Å²) in [6, 6.07) is 22.7. The van der Waals surface area contributed by atoms with Crippen molar-refractivity contribution in [1.82, 2.24) is 5.32 Å². The molecule has 0 aliphatic carbocycles. The average molecular weight is 591 g/mol. The maximum absolute atomic E-state index is 12.6. The van der Waals surface area contributed by atoms with Gasteiger partial charge >= 0.3 is 5.63 Å². The first-order valence-electron chi connectivity index (χ1n) is 11.9. The Balaban J connectivity index is 1.28. The lowest BCUT2D eigenvalue weighted by molar-refractivity contribution is -0.115. The molecule has 40 heavy (non-hydrogen) atoms. The van der Waals surface area contributed by atoms with Crippen LogP contribution in [-0.4, -0.2) is 18.1 Å². The third-order valence-corrected chi connectivity index (χ3v) is 6.45. The van der Waals surface area contributed by atoms with E-state index in [4.69, 9.17) is 49.0 Å². The van der Waals surface area contributed by atoms with Crippen molar-refractivity contribution in [3.8, 4) is 28.2 Å². The first kappa shape index (κ1) is 27.2. The molecule has 200 valence electrons. The van der Waals surface area contributed by atoms with Gasteiger partial charge in [-0.25, -0.2) is 4.79 Å². The summed E-state index contributed by atoms with van der Waals surface area (Å²) in [6.45, 7) is 0. The minimum atomic E-state index is -0.480. The van der Waals surface area contributed by atoms with Crippen LogP contribution in [0.4, 0.5) is 5.69 Å². The molecule has 0 spiro atoms. The predicted molar refractivity (Wildman–Crippen MR) is 162 cm³/mol. The molecule has 1 amide bonds. The molecule has 2 aromatic heterocycles. The molecule has 3 aromatic carbocycles. The highest BCUT2D eigenvalue weighted by Crippen LogP contribution is 2.31. The largest absolute Gasteiger partial charge is 0.495 e. The number of methoxy groups -OCH3 is 1. The van der Waals surface area contributed by atoms with Crippen LogP contribution in [0.5, 0.6) is 5.75 Å². The highest BCUT2D eigenvalue weighted by atomic mass is 35.5. The smallest absolute Gasteiger partial charge is 0.344 e. The van der Waals surface area contributed by atoms with Gasteiger partial charge in [-0.1, -0.05) is 47.5 Å². The summed E-state index contributed by atoms with van der Waals surface area (Å²) >= 11 is 17.5. The maximum atomic E-state index is 12.6. The molecule has 2 N–H and O–H groups in total. The van der Waals surface area contributed by atoms with Crippen LogP contribution in [0.25, 0.3) is 39.5 Å². The third kappa shape index (κ3) is 6.26. The van der Waals surface area contributed by atoms with Crippen LogP contribution in [0.3, 0.4) is 0 Å². The fourth-order valence-corrected chi connectivity index (χ4v) is 4.73. The van der Waals surface area contributed by atoms with E-state index in [0.717, 1.165) is 5.39 Å². The van der Waals surface area contributed by atoms with Gasteiger partial charge in [-0.05, 0) is 78.5 Å². The van der Waals surface area contributed by atoms with E-state index in [-0.39, 0.29) is 5.11 Å². The number of anilines is 1. The highest BCUT2D eigenvalue weighted by molar-refractivity contribution is 7.80. The Bertz CT molecular complexity index is 1820. The number of para-hydroxylation sites is 1. The van der Waals surface area contributed by atoms with E-state index < -0.39 is 11.5 Å². The number of rotatable bonds is 6. The first-order valence-corrected chi connectivity index (χ1v) is 13.0. The Labute approximate surface area is 244 Å². The van der Waals surface area contributed by atoms with Gasteiger partial charge in [-0.3, -0.25) is 10.1 Å². The second-order valence-corrected chi connectivity index (χ2v) is 9.82. The molecule has 5 aromatic rings. The lowest BCUT2D eigenvalue weighted by atomic mass is 10.0. The van der Waals surface area contributed by atoms with Gasteiger partial charge in [-0.2, -0.15) is 0 Å². The lowest BCUT2D eigenvalue weighted by Gasteiger charge is -2.14. The van der Waals surface area contributed by atoms with Gasteiger partial charge in [-0.15, -0.1) is 0 Å². The number of carbonyl (C=O) groups is 1. The SMILES string of the molecule is COc1ccc(-c2cc3ccccc3oc2=O)cc1NC(=S)NC(=O)/C=C/c1ccc(-c2cc(Cl)cc(Cl)c2)o1. The van der Waals surface area contributed by atoms with Crippen LogP contribution in [0.15, 0.2) is 98.6 Å². The molecular formula is C30H20Cl2N2O5S. The van der Waals surface area contributed by atoms with Crippen molar-refractivity contribution in [2.24, 2.45) is 0 Å². The molecule has 0 bridgehead atoms. The number of hydrogen-bond donors (Lipinski definition) is 2. The van der Waals surface area contributed by atoms with E-state index in [0.29, 0.717) is 55.3 Å². The molecule has 7 nitrogen and oxygen atoms in total. The van der Waals surface area contributed by atoms with E-state index in [2.05, 4.69) is 10.6 Å². The molecule has 2 heterocycles. The van der Waals surface area contributed by atoms with Crippen molar-refractivity contribution in [2.75, 3.05) is 12.4 Å². The minimum absolute atomic E-state index is 0.0318. The fourth-order valence-electron chi connectivity index (χ4n) is 3.99. The number of benzene rings is 3. The van der Waals surface area contributed by atoms with Crippen molar-refractivity contribution < 1.29 is 18.4 Å². The molecule has 0 saturated carbocycles. The molecule has 5 rings (SSSR count). The standard InChI is InChI=1S/C30H20Cl2N2O5S/c1-37-27-9-6-17(23-14-18-4-2-3-5-25(18)39-29(23)36)15-24(27)33-30(40)34-28(35)11-8-22-7-10-26(38-22)19-12-20(31)16-21(32)13-19/h2-16H,1H3,(H2,33,34,35,40)/b11-8+. The molecule has 0 fully saturated rings. The van der Waals surface area contributed by atoms with Crippen molar-refractivity contribution in [3.63, 3.8) is 0 Å². The Kier molecular flexibility index (Phi) is 8.02. The fraction of sp³-hybridized carbons (Fsp3) is 0.0333. The van der Waals surface area contributed by atoms with Crippen LogP contribution in [0, 0.1) is 0 Å². The lowest BCUT2D eigenvalue weighted by Crippen LogP contribution is -2.32. The second kappa shape index (κ2) is 11.8. The predicted octanol–water partition coefficient (Wildman–Crippen LogP) is 7.56. The van der Waals surface area contributed by atoms with Crippen molar-refractivity contribution in [1.29, 1.82) is 0 Å². The van der Waals surface area contributed by atoms with Gasteiger partial charge in [0.1, 0.15) is 22.9 Å². The van der Waals surface area contributed by atoms with E-state index in [9.17, 15) is 9.59 Å². The van der Waals surface area contributed by atoms with Crippen LogP contribution < -0.4 is 21.0 Å². The summed E-state index contributed by atoms with van der Waals surface area (Å²) in [5.41, 5.74) is 2.16. The van der Waals surface area contributed by atoms with Crippen LogP contribution >= 0.6 is 35.4 Å². The molecular weight excluding hydrogens is 571 g/mol. The van der Waals surface area contributed by atoms with E-state index in [1.54, 1.807) is 66.7 Å². The molecule has 0 aliphatic rings. The van der Waals surface area contributed by atoms with E-state index in [1.807, 2.05) is 12.1 Å². The number of hydrogen-bond acceptors (Lipinski definition) is 6. The van der Waals surface area contributed by atoms with Crippen molar-refractivity contribution in [2.45, 2.75) is 0 Å². The Morgan fingerprint density at radius 3 is 2.48 bits per heavy atom. The zero-order valence-corrected chi connectivity index (χ0v) is 23.2. The normalized spacial score (nSPS) is 11.1. The summed E-state index contributed by atoms with van der Waals surface area (Å²) in [5.74, 6) is 0.981. The van der Waals surface area contributed by atoms with Crippen molar-refractivity contribution >= 4 is 69.2 Å². The maximum Gasteiger partial charge on any atom is 0.344 e. The molecule has 10 heteroatoms. The molecule has 0 radical (unpaired) electrons. The number of carbonyl (C=O) groups excluding carboxylic acids is 1. The van der Waals surface area contributed by atoms with E-state index >= 15 is 0 Å². The molecule has 0 aliphatic heterocycles. The molecule has 0 atom stereocenters. The Hall–Kier alpha value is -4.37. The number of fused-ring (bicyclic) bond motifs is 1. The zero-order chi connectivity index (χ0) is 28.2. The quantitative estimate of drug-likeness (QED) is 0.120. The second-order valence-electron chi connectivity index (χ2n) is 8.54. The van der Waals surface area contributed by atoms with Crippen molar-refractivity contribution in [3.05, 3.63) is 111 Å². The number of nitrogens with one attached hydrogen (secondary N) is 2. The van der Waals surface area contributed by atoms with Gasteiger partial charge in [0.25, 0.3) is 0 Å². The molecule has 0 saturated heterocycles. The van der Waals surface area contributed by atoms with Crippen LogP contribution in [0.2, 0.25) is 10.0 Å². The minimum Gasteiger partial charge on any atom is -0.495 e.